The third kappa shape index (κ3) is 3.81. The van der Waals surface area contributed by atoms with Crippen molar-refractivity contribution in [2.24, 2.45) is 23.7 Å². The van der Waals surface area contributed by atoms with E-state index in [0.29, 0.717) is 0 Å². The van der Waals surface area contributed by atoms with Crippen LogP contribution < -0.4 is 4.90 Å². The number of hydrogen-bond donors (Lipinski definition) is 0. The van der Waals surface area contributed by atoms with Gasteiger partial charge in [0.1, 0.15) is 11.2 Å². The zero-order chi connectivity index (χ0) is 33.6. The first-order chi connectivity index (χ1) is 24.2. The molecule has 0 N–H and O–H groups in total. The van der Waals surface area contributed by atoms with Crippen LogP contribution in [0, 0.1) is 23.7 Å². The number of fused-ring (bicyclic) bond motifs is 7. The molecule has 2 heteroatoms. The molecule has 4 fully saturated rings. The maximum Gasteiger partial charge on any atom is 0.137 e. The topological polar surface area (TPSA) is 16.4 Å². The molecule has 0 saturated heterocycles. The number of benzene rings is 5. The number of nitrogens with zero attached hydrogens (tertiary/aromatic N) is 1. The summed E-state index contributed by atoms with van der Waals surface area (Å²) in [7, 11) is 0. The van der Waals surface area contributed by atoms with Crippen molar-refractivity contribution in [1.82, 2.24) is 0 Å². The zero-order valence-electron chi connectivity index (χ0n) is 29.9. The first-order valence-electron chi connectivity index (χ1n) is 19.3. The van der Waals surface area contributed by atoms with E-state index in [0.717, 1.165) is 34.8 Å². The minimum Gasteiger partial charge on any atom is -0.456 e. The van der Waals surface area contributed by atoms with Crippen LogP contribution in [0.4, 0.5) is 17.1 Å². The fourth-order valence-electron chi connectivity index (χ4n) is 12.4. The Balaban J connectivity index is 1.16. The molecular formula is C48H47NO. The predicted molar refractivity (Wildman–Crippen MR) is 207 cm³/mol. The van der Waals surface area contributed by atoms with Gasteiger partial charge in [-0.1, -0.05) is 88.4 Å². The van der Waals surface area contributed by atoms with Gasteiger partial charge in [0.15, 0.2) is 0 Å². The van der Waals surface area contributed by atoms with E-state index in [2.05, 4.69) is 136 Å². The van der Waals surface area contributed by atoms with E-state index in [-0.39, 0.29) is 16.2 Å². The fraction of sp³-hybridized carbons (Fsp3) is 0.375. The van der Waals surface area contributed by atoms with Gasteiger partial charge in [-0.2, -0.15) is 0 Å². The summed E-state index contributed by atoms with van der Waals surface area (Å²) in [6, 6.07) is 39.6. The van der Waals surface area contributed by atoms with Gasteiger partial charge in [0.2, 0.25) is 0 Å². The van der Waals surface area contributed by atoms with Gasteiger partial charge in [-0.3, -0.25) is 0 Å². The van der Waals surface area contributed by atoms with Gasteiger partial charge in [0, 0.05) is 22.2 Å². The van der Waals surface area contributed by atoms with Crippen LogP contribution in [0.2, 0.25) is 0 Å². The Hall–Kier alpha value is -4.30. The molecule has 2 nitrogen and oxygen atoms in total. The molecule has 4 saturated carbocycles. The van der Waals surface area contributed by atoms with Crippen molar-refractivity contribution < 1.29 is 4.42 Å². The molecule has 1 aromatic heterocycles. The standard InChI is InChI=1S/C48H47NO/c1-46(2)20-21-47(3,4)41-28-34(17-19-40(41)46)49(42-13-9-15-44-45(42)36-11-6-8-14-43(36)50-44)33-16-18-39-37(27-33)35-10-5-7-12-38(35)48(39)31-23-29-22-30(25-31)26-32(48)24-29/h5-19,27-32H,20-26H2,1-4H3. The Morgan fingerprint density at radius 1 is 0.540 bits per heavy atom. The highest BCUT2D eigenvalue weighted by molar-refractivity contribution is 6.13. The quantitative estimate of drug-likeness (QED) is 0.189. The molecule has 0 unspecified atom stereocenters. The van der Waals surface area contributed by atoms with Crippen molar-refractivity contribution in [3.8, 4) is 11.1 Å². The maximum absolute atomic E-state index is 6.49. The SMILES string of the molecule is CC1(C)CCC(C)(C)c2cc(N(c3ccc4c(c3)-c3ccccc3C43C4CC5CC(C4)CC3C5)c3cccc4oc5ccccc5c34)ccc21. The highest BCUT2D eigenvalue weighted by atomic mass is 16.3. The molecule has 0 aliphatic heterocycles. The van der Waals surface area contributed by atoms with Crippen LogP contribution in [0.1, 0.15) is 94.9 Å². The summed E-state index contributed by atoms with van der Waals surface area (Å²) < 4.78 is 6.49. The van der Waals surface area contributed by atoms with Crippen molar-refractivity contribution in [2.75, 3.05) is 4.90 Å². The van der Waals surface area contributed by atoms with E-state index in [1.807, 2.05) is 0 Å². The maximum atomic E-state index is 6.49. The molecule has 6 aliphatic carbocycles. The molecule has 6 aliphatic rings. The minimum absolute atomic E-state index is 0.115. The molecule has 250 valence electrons. The summed E-state index contributed by atoms with van der Waals surface area (Å²) in [6.45, 7) is 9.73. The predicted octanol–water partition coefficient (Wildman–Crippen LogP) is 13.1. The first-order valence-corrected chi connectivity index (χ1v) is 19.3. The third-order valence-electron chi connectivity index (χ3n) is 14.5. The number of anilines is 3. The van der Waals surface area contributed by atoms with Crippen LogP contribution in [0.5, 0.6) is 0 Å². The molecule has 1 spiro atoms. The molecule has 12 rings (SSSR count). The normalized spacial score (nSPS) is 27.8. The van der Waals surface area contributed by atoms with E-state index >= 15 is 0 Å². The van der Waals surface area contributed by atoms with Crippen LogP contribution in [-0.2, 0) is 16.2 Å². The average molecular weight is 654 g/mol. The summed E-state index contributed by atoms with van der Waals surface area (Å²) >= 11 is 0. The van der Waals surface area contributed by atoms with Crippen LogP contribution >= 0.6 is 0 Å². The van der Waals surface area contributed by atoms with Gasteiger partial charge >= 0.3 is 0 Å². The lowest BCUT2D eigenvalue weighted by molar-refractivity contribution is -0.0399. The molecule has 6 aromatic rings. The summed E-state index contributed by atoms with van der Waals surface area (Å²) in [6.07, 6.45) is 9.52. The summed E-state index contributed by atoms with van der Waals surface area (Å²) in [4.78, 5) is 2.55. The lowest BCUT2D eigenvalue weighted by Gasteiger charge is -2.61. The zero-order valence-corrected chi connectivity index (χ0v) is 29.9. The van der Waals surface area contributed by atoms with Gasteiger partial charge in [-0.25, -0.2) is 0 Å². The number of hydrogen-bond acceptors (Lipinski definition) is 2. The molecular weight excluding hydrogens is 607 g/mol. The molecule has 0 atom stereocenters. The Bertz CT molecular complexity index is 2340. The van der Waals surface area contributed by atoms with Gasteiger partial charge in [-0.05, 0) is 155 Å². The second kappa shape index (κ2) is 9.93. The monoisotopic (exact) mass is 653 g/mol. The summed E-state index contributed by atoms with van der Waals surface area (Å²) in [5, 5.41) is 2.35. The smallest absolute Gasteiger partial charge is 0.137 e. The highest BCUT2D eigenvalue weighted by Crippen LogP contribution is 2.69. The van der Waals surface area contributed by atoms with E-state index in [1.54, 1.807) is 11.1 Å². The molecule has 0 radical (unpaired) electrons. The highest BCUT2D eigenvalue weighted by Gasteiger charge is 2.61. The largest absolute Gasteiger partial charge is 0.456 e. The molecule has 50 heavy (non-hydrogen) atoms. The van der Waals surface area contributed by atoms with Gasteiger partial charge < -0.3 is 9.32 Å². The Morgan fingerprint density at radius 3 is 1.94 bits per heavy atom. The van der Waals surface area contributed by atoms with Crippen molar-refractivity contribution >= 4 is 39.0 Å². The fourth-order valence-corrected chi connectivity index (χ4v) is 12.4. The van der Waals surface area contributed by atoms with E-state index < -0.39 is 0 Å². The van der Waals surface area contributed by atoms with E-state index in [9.17, 15) is 0 Å². The molecule has 0 amide bonds. The summed E-state index contributed by atoms with van der Waals surface area (Å²) in [5.41, 5.74) is 15.1. The van der Waals surface area contributed by atoms with Crippen LogP contribution in [-0.4, -0.2) is 0 Å². The average Bonchev–Trinajstić information content (AvgIpc) is 3.64. The molecule has 4 bridgehead atoms. The Labute approximate surface area is 296 Å². The number of rotatable bonds is 3. The number of para-hydroxylation sites is 1. The molecule has 5 aromatic carbocycles. The lowest BCUT2D eigenvalue weighted by Crippen LogP contribution is -2.55. The second-order valence-corrected chi connectivity index (χ2v) is 18.0. The lowest BCUT2D eigenvalue weighted by atomic mass is 9.43. The van der Waals surface area contributed by atoms with E-state index in [1.165, 1.54) is 95.0 Å². The second-order valence-electron chi connectivity index (χ2n) is 18.0. The van der Waals surface area contributed by atoms with Crippen molar-refractivity contribution in [2.45, 2.75) is 88.9 Å². The third-order valence-corrected chi connectivity index (χ3v) is 14.5. The number of furan rings is 1. The first kappa shape index (κ1) is 29.4. The van der Waals surface area contributed by atoms with Crippen molar-refractivity contribution in [3.63, 3.8) is 0 Å². The van der Waals surface area contributed by atoms with Crippen molar-refractivity contribution in [3.05, 3.63) is 125 Å². The Kier molecular flexibility index (Phi) is 5.85. The van der Waals surface area contributed by atoms with Crippen LogP contribution in [0.3, 0.4) is 0 Å². The van der Waals surface area contributed by atoms with E-state index in [4.69, 9.17) is 4.42 Å². The van der Waals surface area contributed by atoms with Gasteiger partial charge in [0.25, 0.3) is 0 Å². The van der Waals surface area contributed by atoms with Gasteiger partial charge in [0.05, 0.1) is 11.1 Å². The Morgan fingerprint density at radius 2 is 1.16 bits per heavy atom. The summed E-state index contributed by atoms with van der Waals surface area (Å²) in [5.74, 6) is 3.41. The van der Waals surface area contributed by atoms with Crippen LogP contribution in [0.25, 0.3) is 33.1 Å². The van der Waals surface area contributed by atoms with Gasteiger partial charge in [-0.15, -0.1) is 0 Å². The minimum atomic E-state index is 0.115. The van der Waals surface area contributed by atoms with Crippen molar-refractivity contribution in [1.29, 1.82) is 0 Å². The molecule has 1 heterocycles. The van der Waals surface area contributed by atoms with Crippen LogP contribution in [0.15, 0.2) is 108 Å².